The van der Waals surface area contributed by atoms with Crippen LogP contribution in [0.5, 0.6) is 0 Å². The van der Waals surface area contributed by atoms with E-state index in [4.69, 9.17) is 0 Å². The van der Waals surface area contributed by atoms with Crippen molar-refractivity contribution in [3.8, 4) is 0 Å². The van der Waals surface area contributed by atoms with E-state index in [1.54, 1.807) is 37.3 Å². The topological polar surface area (TPSA) is 109 Å². The number of aliphatic hydroxyl groups excluding tert-OH is 1. The molecular formula is C11H11N3O4S. The summed E-state index contributed by atoms with van der Waals surface area (Å²) in [6.45, 7) is 1.59. The molecule has 0 fully saturated rings. The first-order valence-electron chi connectivity index (χ1n) is 5.45. The van der Waals surface area contributed by atoms with Crippen LogP contribution >= 0.6 is 10.6 Å². The fourth-order valence-corrected chi connectivity index (χ4v) is 3.54. The Hall–Kier alpha value is -2.09. The minimum Gasteiger partial charge on any atom is -0.511 e. The summed E-state index contributed by atoms with van der Waals surface area (Å²) in [7, 11) is -3.46. The van der Waals surface area contributed by atoms with Crippen LogP contribution in [-0.2, 0) is 0 Å². The van der Waals surface area contributed by atoms with Gasteiger partial charge in [0.25, 0.3) is 0 Å². The highest BCUT2D eigenvalue weighted by molar-refractivity contribution is 8.31. The van der Waals surface area contributed by atoms with Crippen molar-refractivity contribution in [1.29, 1.82) is 0 Å². The smallest absolute Gasteiger partial charge is 0.176 e. The highest BCUT2D eigenvalue weighted by Gasteiger charge is 2.43. The summed E-state index contributed by atoms with van der Waals surface area (Å²) in [6.07, 6.45) is 1.55. The van der Waals surface area contributed by atoms with Gasteiger partial charge >= 0.3 is 0 Å². The van der Waals surface area contributed by atoms with Crippen LogP contribution in [0, 0.1) is 20.6 Å². The molecule has 0 aromatic heterocycles. The number of rotatable bonds is 4. The maximum absolute atomic E-state index is 10.8. The molecule has 1 aliphatic carbocycles. The standard InChI is InChI=1S/C11H11N3O4S/c1-7-10(19(12-16,13-17)14-18)6-8-4-2-3-5-9(8)11(7)15/h2-7,10,15H,1H3. The highest BCUT2D eigenvalue weighted by Crippen LogP contribution is 2.60. The number of aliphatic hydroxyl groups is 1. The lowest BCUT2D eigenvalue weighted by Crippen LogP contribution is -2.38. The summed E-state index contributed by atoms with van der Waals surface area (Å²) in [5, 5.41) is 10.4. The Balaban J connectivity index is 2.71. The minimum absolute atomic E-state index is 0.00377. The summed E-state index contributed by atoms with van der Waals surface area (Å²) >= 11 is 0. The van der Waals surface area contributed by atoms with Crippen LogP contribution in [0.15, 0.2) is 38.0 Å². The van der Waals surface area contributed by atoms with E-state index in [-0.39, 0.29) is 5.76 Å². The SMILES string of the molecule is CC1C(O)=c2ccccc2=CC1S(N=O)(N=O)N=O. The first-order valence-corrected chi connectivity index (χ1v) is 7.02. The van der Waals surface area contributed by atoms with Gasteiger partial charge in [0.15, 0.2) is 10.6 Å². The first-order chi connectivity index (χ1) is 9.09. The minimum atomic E-state index is -3.46. The zero-order valence-electron chi connectivity index (χ0n) is 9.96. The van der Waals surface area contributed by atoms with Crippen LogP contribution in [0.2, 0.25) is 0 Å². The molecule has 1 N–H and O–H groups in total. The van der Waals surface area contributed by atoms with Gasteiger partial charge in [-0.15, -0.1) is 14.7 Å². The van der Waals surface area contributed by atoms with Gasteiger partial charge in [-0.2, -0.15) is 0 Å². The van der Waals surface area contributed by atoms with Gasteiger partial charge in [-0.3, -0.25) is 0 Å². The molecule has 1 aromatic carbocycles. The molecule has 0 aliphatic heterocycles. The second-order valence-corrected chi connectivity index (χ2v) is 6.29. The van der Waals surface area contributed by atoms with E-state index in [9.17, 15) is 19.8 Å². The van der Waals surface area contributed by atoms with E-state index in [1.807, 2.05) is 0 Å². The Morgan fingerprint density at radius 3 is 2.26 bits per heavy atom. The lowest BCUT2D eigenvalue weighted by molar-refractivity contribution is 0.437. The first kappa shape index (κ1) is 13.3. The van der Waals surface area contributed by atoms with E-state index in [0.717, 1.165) is 0 Å². The number of hydrogen-bond donors (Lipinski definition) is 1. The van der Waals surface area contributed by atoms with Crippen LogP contribution in [-0.4, -0.2) is 10.4 Å². The Kier molecular flexibility index (Phi) is 3.43. The van der Waals surface area contributed by atoms with Crippen molar-refractivity contribution in [3.63, 3.8) is 0 Å². The molecule has 19 heavy (non-hydrogen) atoms. The van der Waals surface area contributed by atoms with E-state index in [1.165, 1.54) is 0 Å². The molecule has 0 radical (unpaired) electrons. The van der Waals surface area contributed by atoms with E-state index in [0.29, 0.717) is 10.4 Å². The fraction of sp³-hybridized carbons (Fsp3) is 0.273. The average molecular weight is 281 g/mol. The normalized spacial score (nSPS) is 22.9. The third-order valence-electron chi connectivity index (χ3n) is 3.20. The maximum Gasteiger partial charge on any atom is 0.176 e. The van der Waals surface area contributed by atoms with Crippen LogP contribution in [0.1, 0.15) is 6.92 Å². The van der Waals surface area contributed by atoms with Crippen LogP contribution < -0.4 is 10.4 Å². The Bertz CT molecular complexity index is 638. The summed E-state index contributed by atoms with van der Waals surface area (Å²) in [5.74, 6) is -0.631. The van der Waals surface area contributed by atoms with Crippen molar-refractivity contribution in [2.45, 2.75) is 12.2 Å². The molecule has 2 atom stereocenters. The van der Waals surface area contributed by atoms with Crippen LogP contribution in [0.25, 0.3) is 11.8 Å². The van der Waals surface area contributed by atoms with Crippen molar-refractivity contribution >= 4 is 22.4 Å². The molecule has 0 spiro atoms. The van der Waals surface area contributed by atoms with Crippen LogP contribution in [0.4, 0.5) is 0 Å². The van der Waals surface area contributed by atoms with Crippen molar-refractivity contribution in [3.05, 3.63) is 49.4 Å². The van der Waals surface area contributed by atoms with Crippen LogP contribution in [0.3, 0.4) is 0 Å². The average Bonchev–Trinajstić information content (AvgIpc) is 2.46. The third kappa shape index (κ3) is 1.93. The fourth-order valence-electron chi connectivity index (χ4n) is 2.15. The number of hydrogen-bond acceptors (Lipinski definition) is 7. The molecular weight excluding hydrogens is 270 g/mol. The van der Waals surface area contributed by atoms with Gasteiger partial charge in [0.05, 0.1) is 5.25 Å². The molecule has 1 aliphatic rings. The maximum atomic E-state index is 10.8. The Morgan fingerprint density at radius 2 is 1.68 bits per heavy atom. The molecule has 2 unspecified atom stereocenters. The van der Waals surface area contributed by atoms with Gasteiger partial charge in [-0.25, -0.2) is 0 Å². The molecule has 0 heterocycles. The number of nitrogens with zero attached hydrogens (tertiary/aromatic N) is 3. The summed E-state index contributed by atoms with van der Waals surface area (Å²) in [4.78, 5) is 32.5. The molecule has 0 saturated heterocycles. The number of nitroso groups, excluding NO2 is 3. The lowest BCUT2D eigenvalue weighted by Gasteiger charge is -2.29. The van der Waals surface area contributed by atoms with Crippen molar-refractivity contribution in [2.24, 2.45) is 19.7 Å². The van der Waals surface area contributed by atoms with Gasteiger partial charge in [0.1, 0.15) is 5.76 Å². The van der Waals surface area contributed by atoms with Gasteiger partial charge in [-0.1, -0.05) is 37.3 Å². The monoisotopic (exact) mass is 281 g/mol. The van der Waals surface area contributed by atoms with Crippen molar-refractivity contribution < 1.29 is 5.11 Å². The molecule has 0 amide bonds. The predicted molar refractivity (Wildman–Crippen MR) is 74.1 cm³/mol. The van der Waals surface area contributed by atoms with Crippen molar-refractivity contribution in [1.82, 2.24) is 0 Å². The zero-order valence-corrected chi connectivity index (χ0v) is 10.8. The van der Waals surface area contributed by atoms with Gasteiger partial charge in [-0.05, 0) is 5.22 Å². The number of benzene rings is 1. The van der Waals surface area contributed by atoms with E-state index in [2.05, 4.69) is 13.7 Å². The van der Waals surface area contributed by atoms with Crippen molar-refractivity contribution in [2.75, 3.05) is 0 Å². The van der Waals surface area contributed by atoms with Gasteiger partial charge in [0, 0.05) is 24.9 Å². The zero-order chi connectivity index (χ0) is 14.0. The quantitative estimate of drug-likeness (QED) is 0.851. The molecule has 100 valence electrons. The molecule has 7 nitrogen and oxygen atoms in total. The molecule has 2 rings (SSSR count). The lowest BCUT2D eigenvalue weighted by atomic mass is 9.96. The molecule has 0 saturated carbocycles. The van der Waals surface area contributed by atoms with E-state index >= 15 is 0 Å². The second-order valence-electron chi connectivity index (χ2n) is 4.18. The molecule has 8 heteroatoms. The summed E-state index contributed by atoms with van der Waals surface area (Å²) < 4.78 is 7.67. The Labute approximate surface area is 109 Å². The third-order valence-corrected chi connectivity index (χ3v) is 5.13. The predicted octanol–water partition coefficient (Wildman–Crippen LogP) is 2.00. The number of fused-ring (bicyclic) bond motifs is 1. The summed E-state index contributed by atoms with van der Waals surface area (Å²) in [5.41, 5.74) is 0. The van der Waals surface area contributed by atoms with Gasteiger partial charge < -0.3 is 5.11 Å². The largest absolute Gasteiger partial charge is 0.511 e. The Morgan fingerprint density at radius 1 is 1.11 bits per heavy atom. The summed E-state index contributed by atoms with van der Waals surface area (Å²) in [6, 6.07) is 6.91. The highest BCUT2D eigenvalue weighted by atomic mass is 32.3. The molecule has 1 aromatic rings. The van der Waals surface area contributed by atoms with E-state index < -0.39 is 21.8 Å². The second kappa shape index (κ2) is 4.88. The van der Waals surface area contributed by atoms with Gasteiger partial charge in [0.2, 0.25) is 0 Å². The molecule has 0 bridgehead atoms.